The molecule has 2 saturated heterocycles. The highest BCUT2D eigenvalue weighted by atomic mass is 16.6. The third-order valence-corrected chi connectivity index (χ3v) is 5.70. The van der Waals surface area contributed by atoms with Crippen LogP contribution in [0.3, 0.4) is 0 Å². The maximum Gasteiger partial charge on any atom is 0.222 e. The zero-order chi connectivity index (χ0) is 21.1. The fourth-order valence-corrected chi connectivity index (χ4v) is 4.09. The van der Waals surface area contributed by atoms with Crippen LogP contribution in [0.25, 0.3) is 0 Å². The maximum absolute atomic E-state index is 12.2. The van der Waals surface area contributed by atoms with Gasteiger partial charge in [-0.3, -0.25) is 14.5 Å². The van der Waals surface area contributed by atoms with E-state index in [1.165, 1.54) is 0 Å². The van der Waals surface area contributed by atoms with Crippen LogP contribution < -0.4 is 10.6 Å². The lowest BCUT2D eigenvalue weighted by Crippen LogP contribution is -2.39. The summed E-state index contributed by atoms with van der Waals surface area (Å²) in [7, 11) is 1.84. The van der Waals surface area contributed by atoms with Gasteiger partial charge in [0, 0.05) is 51.1 Å². The van der Waals surface area contributed by atoms with Gasteiger partial charge in [0.05, 0.1) is 36.6 Å². The van der Waals surface area contributed by atoms with Crippen LogP contribution in [0.15, 0.2) is 30.7 Å². The van der Waals surface area contributed by atoms with Gasteiger partial charge in [-0.1, -0.05) is 6.07 Å². The Morgan fingerprint density at radius 2 is 2.23 bits per heavy atom. The predicted octanol–water partition coefficient (Wildman–Crippen LogP) is 0.205. The fraction of sp³-hybridized carbons (Fsp3) is 0.571. The van der Waals surface area contributed by atoms with Gasteiger partial charge in [0.15, 0.2) is 0 Å². The van der Waals surface area contributed by atoms with Gasteiger partial charge in [0.1, 0.15) is 12.2 Å². The van der Waals surface area contributed by atoms with E-state index in [0.717, 1.165) is 16.8 Å². The van der Waals surface area contributed by atoms with E-state index < -0.39 is 6.10 Å². The van der Waals surface area contributed by atoms with Crippen LogP contribution in [0.2, 0.25) is 0 Å². The van der Waals surface area contributed by atoms with Crippen molar-refractivity contribution < 1.29 is 19.4 Å². The zero-order valence-electron chi connectivity index (χ0n) is 17.3. The number of nitrogens with one attached hydrogen (secondary N) is 2. The molecule has 2 aliphatic rings. The molecule has 3 N–H and O–H groups in total. The Bertz CT molecular complexity index is 873. The average molecular weight is 415 g/mol. The van der Waals surface area contributed by atoms with Gasteiger partial charge >= 0.3 is 0 Å². The van der Waals surface area contributed by atoms with Crippen molar-refractivity contribution in [3.05, 3.63) is 47.5 Å². The van der Waals surface area contributed by atoms with E-state index in [1.807, 2.05) is 32.3 Å². The second-order valence-electron chi connectivity index (χ2n) is 8.06. The number of amides is 1. The molecule has 0 radical (unpaired) electrons. The Labute approximate surface area is 175 Å². The first-order valence-corrected chi connectivity index (χ1v) is 10.3. The summed E-state index contributed by atoms with van der Waals surface area (Å²) in [5, 5.41) is 20.9. The molecule has 0 bridgehead atoms. The number of carbonyl (C=O) groups excluding carboxylic acids is 1. The highest BCUT2D eigenvalue weighted by Crippen LogP contribution is 2.35. The molecule has 1 amide bonds. The number of aryl methyl sites for hydroxylation is 2. The summed E-state index contributed by atoms with van der Waals surface area (Å²) in [4.78, 5) is 16.6. The van der Waals surface area contributed by atoms with Gasteiger partial charge in [-0.25, -0.2) is 0 Å². The molecular weight excluding hydrogens is 386 g/mol. The van der Waals surface area contributed by atoms with Gasteiger partial charge in [-0.15, -0.1) is 0 Å². The van der Waals surface area contributed by atoms with Gasteiger partial charge in [-0.05, 0) is 18.6 Å². The topological polar surface area (TPSA) is 111 Å². The molecule has 2 aromatic heterocycles. The third kappa shape index (κ3) is 4.86. The zero-order valence-corrected chi connectivity index (χ0v) is 17.3. The van der Waals surface area contributed by atoms with E-state index in [-0.39, 0.29) is 36.7 Å². The van der Waals surface area contributed by atoms with Crippen LogP contribution in [0.5, 0.6) is 0 Å². The van der Waals surface area contributed by atoms with Crippen LogP contribution in [0.4, 0.5) is 0 Å². The van der Waals surface area contributed by atoms with E-state index in [2.05, 4.69) is 20.7 Å². The molecule has 2 aliphatic heterocycles. The minimum Gasteiger partial charge on any atom is -0.388 e. The standard InChI is InChI=1S/C21H29N5O4/c1-13-4-3-5-23-16(13)10-22-11-18-20(28)21-17(30-18)6-15(29-21)7-19(27)24-8-14-9-25-26(2)12-14/h3-5,9,12,15,17-18,20-22,28H,6-8,10-11H2,1-2H3,(H,24,27)/t15-,17+,18+,20+,21-/m0/s1. The number of rotatable bonds is 8. The minimum absolute atomic E-state index is 0.0812. The molecule has 0 aromatic carbocycles. The molecule has 9 nitrogen and oxygen atoms in total. The lowest BCUT2D eigenvalue weighted by atomic mass is 10.1. The summed E-state index contributed by atoms with van der Waals surface area (Å²) >= 11 is 0. The molecule has 4 rings (SSSR count). The van der Waals surface area contributed by atoms with E-state index in [4.69, 9.17) is 9.47 Å². The van der Waals surface area contributed by atoms with Crippen LogP contribution in [-0.2, 0) is 34.4 Å². The molecule has 2 fully saturated rings. The first-order valence-electron chi connectivity index (χ1n) is 10.3. The first-order chi connectivity index (χ1) is 14.5. The first kappa shape index (κ1) is 20.9. The molecule has 0 aliphatic carbocycles. The molecule has 4 heterocycles. The second kappa shape index (κ2) is 9.22. The second-order valence-corrected chi connectivity index (χ2v) is 8.06. The Kier molecular flexibility index (Phi) is 6.43. The van der Waals surface area contributed by atoms with E-state index in [0.29, 0.717) is 26.1 Å². The molecular formula is C21H29N5O4. The number of pyridine rings is 1. The Morgan fingerprint density at radius 3 is 2.97 bits per heavy atom. The van der Waals surface area contributed by atoms with Gasteiger partial charge in [-0.2, -0.15) is 5.10 Å². The summed E-state index contributed by atoms with van der Waals surface area (Å²) in [6, 6.07) is 3.94. The monoisotopic (exact) mass is 415 g/mol. The lowest BCUT2D eigenvalue weighted by Gasteiger charge is -2.20. The van der Waals surface area contributed by atoms with Crippen molar-refractivity contribution in [3.63, 3.8) is 0 Å². The number of fused-ring (bicyclic) bond motifs is 1. The number of nitrogens with zero attached hydrogens (tertiary/aromatic N) is 3. The Balaban J connectivity index is 1.19. The average Bonchev–Trinajstić information content (AvgIpc) is 3.39. The number of aliphatic hydroxyl groups is 1. The quantitative estimate of drug-likeness (QED) is 0.565. The van der Waals surface area contributed by atoms with E-state index in [9.17, 15) is 9.90 Å². The van der Waals surface area contributed by atoms with Crippen molar-refractivity contribution in [2.24, 2.45) is 7.05 Å². The van der Waals surface area contributed by atoms with Gasteiger partial charge < -0.3 is 25.2 Å². The highest BCUT2D eigenvalue weighted by Gasteiger charge is 2.50. The van der Waals surface area contributed by atoms with Crippen LogP contribution in [0.1, 0.15) is 29.7 Å². The molecule has 2 aromatic rings. The summed E-state index contributed by atoms with van der Waals surface area (Å²) in [6.07, 6.45) is 4.38. The van der Waals surface area contributed by atoms with Gasteiger partial charge in [0.2, 0.25) is 5.91 Å². The predicted molar refractivity (Wildman–Crippen MR) is 108 cm³/mol. The SMILES string of the molecule is Cc1cccnc1CNC[C@H]1O[C@@H]2C[C@@H](CC(=O)NCc3cnn(C)c3)O[C@@H]2[C@@H]1O. The van der Waals surface area contributed by atoms with Gasteiger partial charge in [0.25, 0.3) is 0 Å². The Morgan fingerprint density at radius 1 is 1.37 bits per heavy atom. The molecule has 0 unspecified atom stereocenters. The third-order valence-electron chi connectivity index (χ3n) is 5.70. The van der Waals surface area contributed by atoms with E-state index >= 15 is 0 Å². The number of hydrogen-bond acceptors (Lipinski definition) is 7. The number of carbonyl (C=O) groups is 1. The molecule has 162 valence electrons. The number of hydrogen-bond donors (Lipinski definition) is 3. The van der Waals surface area contributed by atoms with Crippen molar-refractivity contribution in [1.29, 1.82) is 0 Å². The van der Waals surface area contributed by atoms with E-state index in [1.54, 1.807) is 17.1 Å². The van der Waals surface area contributed by atoms with Crippen LogP contribution in [-0.4, -0.2) is 62.8 Å². The van der Waals surface area contributed by atoms with Crippen molar-refractivity contribution in [1.82, 2.24) is 25.4 Å². The number of aromatic nitrogens is 3. The van der Waals surface area contributed by atoms with Crippen molar-refractivity contribution in [3.8, 4) is 0 Å². The molecule has 30 heavy (non-hydrogen) atoms. The summed E-state index contributed by atoms with van der Waals surface area (Å²) in [5.41, 5.74) is 3.06. The van der Waals surface area contributed by atoms with Crippen LogP contribution >= 0.6 is 0 Å². The number of aliphatic hydroxyl groups excluding tert-OH is 1. The smallest absolute Gasteiger partial charge is 0.222 e. The fourth-order valence-electron chi connectivity index (χ4n) is 4.09. The maximum atomic E-state index is 12.2. The molecule has 5 atom stereocenters. The summed E-state index contributed by atoms with van der Waals surface area (Å²) < 4.78 is 13.7. The summed E-state index contributed by atoms with van der Waals surface area (Å²) in [5.74, 6) is -0.0812. The Hall–Kier alpha value is -2.33. The molecule has 9 heteroatoms. The molecule has 0 saturated carbocycles. The van der Waals surface area contributed by atoms with Crippen molar-refractivity contribution >= 4 is 5.91 Å². The largest absolute Gasteiger partial charge is 0.388 e. The summed E-state index contributed by atoms with van der Waals surface area (Å²) in [6.45, 7) is 3.60. The normalized spacial score (nSPS) is 27.9. The highest BCUT2D eigenvalue weighted by molar-refractivity contribution is 5.76. The lowest BCUT2D eigenvalue weighted by molar-refractivity contribution is -0.124. The minimum atomic E-state index is -0.712. The molecule has 0 spiro atoms. The number of ether oxygens (including phenoxy) is 2. The van der Waals surface area contributed by atoms with Crippen molar-refractivity contribution in [2.75, 3.05) is 6.54 Å². The van der Waals surface area contributed by atoms with Crippen LogP contribution in [0, 0.1) is 6.92 Å². The van der Waals surface area contributed by atoms with Crippen molar-refractivity contribution in [2.45, 2.75) is 63.4 Å².